The summed E-state index contributed by atoms with van der Waals surface area (Å²) in [4.78, 5) is 15.5. The molecule has 0 spiro atoms. The second kappa shape index (κ2) is 7.36. The average Bonchev–Trinajstić information content (AvgIpc) is 3.40. The Morgan fingerprint density at radius 1 is 1.13 bits per heavy atom. The largest absolute Gasteiger partial charge is 0.416 e. The number of benzene rings is 1. The van der Waals surface area contributed by atoms with E-state index in [4.69, 9.17) is 4.98 Å². The molecule has 5 rings (SSSR count). The normalized spacial score (nSPS) is 15.7. The van der Waals surface area contributed by atoms with E-state index in [-0.39, 0.29) is 5.92 Å². The van der Waals surface area contributed by atoms with Gasteiger partial charge in [-0.3, -0.25) is 5.10 Å². The van der Waals surface area contributed by atoms with Gasteiger partial charge in [-0.25, -0.2) is 15.0 Å². The summed E-state index contributed by atoms with van der Waals surface area (Å²) in [5.74, 6) is 1.98. The molecule has 4 heterocycles. The maximum atomic E-state index is 13.1. The van der Waals surface area contributed by atoms with Gasteiger partial charge in [0.2, 0.25) is 0 Å². The third-order valence-corrected chi connectivity index (χ3v) is 5.78. The van der Waals surface area contributed by atoms with Gasteiger partial charge in [0.25, 0.3) is 0 Å². The zero-order chi connectivity index (χ0) is 21.6. The Hall–Kier alpha value is -3.43. The minimum absolute atomic E-state index is 0.225. The standard InChI is InChI=1S/C21H20F3N7/c1-30-11-17(14-3-2-4-15(9-14)21(22,23)24)28-19(30)13-5-7-31(8-6-13)20-16-10-27-29-18(16)25-12-26-20/h2-4,9-13H,5-8H2,1H3,(H,25,26,27,29). The van der Waals surface area contributed by atoms with Crippen molar-refractivity contribution in [1.82, 2.24) is 29.7 Å². The lowest BCUT2D eigenvalue weighted by Gasteiger charge is -2.32. The smallest absolute Gasteiger partial charge is 0.356 e. The first-order valence-corrected chi connectivity index (χ1v) is 10.00. The van der Waals surface area contributed by atoms with Crippen molar-refractivity contribution in [2.24, 2.45) is 7.05 Å². The van der Waals surface area contributed by atoms with Crippen molar-refractivity contribution in [1.29, 1.82) is 0 Å². The number of aromatic amines is 1. The minimum atomic E-state index is -4.37. The monoisotopic (exact) mass is 427 g/mol. The van der Waals surface area contributed by atoms with Crippen molar-refractivity contribution in [3.8, 4) is 11.3 Å². The van der Waals surface area contributed by atoms with Crippen molar-refractivity contribution in [2.75, 3.05) is 18.0 Å². The van der Waals surface area contributed by atoms with Gasteiger partial charge in [0.1, 0.15) is 18.0 Å². The van der Waals surface area contributed by atoms with E-state index in [9.17, 15) is 13.2 Å². The molecule has 1 aliphatic rings. The van der Waals surface area contributed by atoms with E-state index < -0.39 is 11.7 Å². The molecule has 0 bridgehead atoms. The first kappa shape index (κ1) is 19.5. The molecular weight excluding hydrogens is 407 g/mol. The maximum absolute atomic E-state index is 13.1. The van der Waals surface area contributed by atoms with Crippen LogP contribution >= 0.6 is 0 Å². The number of alkyl halides is 3. The highest BCUT2D eigenvalue weighted by Gasteiger charge is 2.31. The SMILES string of the molecule is Cn1cc(-c2cccc(C(F)(F)F)c2)nc1C1CCN(c2ncnc3[nH]ncc23)CC1. The first-order valence-electron chi connectivity index (χ1n) is 10.00. The number of nitrogens with zero attached hydrogens (tertiary/aromatic N) is 6. The molecule has 0 saturated carbocycles. The fraction of sp³-hybridized carbons (Fsp3) is 0.333. The topological polar surface area (TPSA) is 75.5 Å². The molecule has 1 fully saturated rings. The summed E-state index contributed by atoms with van der Waals surface area (Å²) in [5.41, 5.74) is 1.07. The van der Waals surface area contributed by atoms with Crippen LogP contribution in [-0.2, 0) is 13.2 Å². The van der Waals surface area contributed by atoms with Gasteiger partial charge >= 0.3 is 6.18 Å². The van der Waals surface area contributed by atoms with Crippen LogP contribution in [0.25, 0.3) is 22.3 Å². The van der Waals surface area contributed by atoms with Crippen LogP contribution in [0.1, 0.15) is 30.1 Å². The molecule has 7 nitrogen and oxygen atoms in total. The third-order valence-electron chi connectivity index (χ3n) is 5.78. The number of halogens is 3. The zero-order valence-electron chi connectivity index (χ0n) is 16.8. The molecule has 0 aliphatic carbocycles. The van der Waals surface area contributed by atoms with E-state index >= 15 is 0 Å². The summed E-state index contributed by atoms with van der Waals surface area (Å²) in [7, 11) is 1.89. The van der Waals surface area contributed by atoms with E-state index in [2.05, 4.69) is 25.1 Å². The van der Waals surface area contributed by atoms with Crippen LogP contribution in [0.2, 0.25) is 0 Å². The van der Waals surface area contributed by atoms with Crippen LogP contribution in [0.3, 0.4) is 0 Å². The van der Waals surface area contributed by atoms with Crippen molar-refractivity contribution in [3.63, 3.8) is 0 Å². The number of hydrogen-bond donors (Lipinski definition) is 1. The number of rotatable bonds is 3. The molecule has 0 radical (unpaired) electrons. The summed E-state index contributed by atoms with van der Waals surface area (Å²) in [6.07, 6.45) is 2.43. The van der Waals surface area contributed by atoms with Crippen molar-refractivity contribution < 1.29 is 13.2 Å². The van der Waals surface area contributed by atoms with Crippen LogP contribution < -0.4 is 4.90 Å². The number of aryl methyl sites for hydroxylation is 1. The predicted molar refractivity (Wildman–Crippen MR) is 110 cm³/mol. The number of imidazole rings is 1. The van der Waals surface area contributed by atoms with Gasteiger partial charge in [-0.2, -0.15) is 18.3 Å². The molecule has 1 N–H and O–H groups in total. The van der Waals surface area contributed by atoms with Gasteiger partial charge in [0.15, 0.2) is 5.65 Å². The summed E-state index contributed by atoms with van der Waals surface area (Å²) < 4.78 is 41.1. The molecule has 10 heteroatoms. The number of fused-ring (bicyclic) bond motifs is 1. The Balaban J connectivity index is 1.35. The van der Waals surface area contributed by atoms with E-state index in [1.165, 1.54) is 12.4 Å². The van der Waals surface area contributed by atoms with Crippen molar-refractivity contribution in [3.05, 3.63) is 54.4 Å². The molecule has 4 aromatic rings. The summed E-state index contributed by atoms with van der Waals surface area (Å²) in [6.45, 7) is 1.60. The van der Waals surface area contributed by atoms with E-state index in [0.717, 1.165) is 55.1 Å². The molecule has 1 saturated heterocycles. The Kier molecular flexibility index (Phi) is 4.64. The molecule has 0 atom stereocenters. The van der Waals surface area contributed by atoms with Gasteiger partial charge in [0, 0.05) is 37.8 Å². The summed E-state index contributed by atoms with van der Waals surface area (Å²) in [6, 6.07) is 5.31. The second-order valence-corrected chi connectivity index (χ2v) is 7.76. The molecule has 0 unspecified atom stereocenters. The number of aromatic nitrogens is 6. The van der Waals surface area contributed by atoms with Crippen LogP contribution in [0, 0.1) is 0 Å². The number of H-pyrrole nitrogens is 1. The lowest BCUT2D eigenvalue weighted by Crippen LogP contribution is -2.34. The molecule has 160 valence electrons. The quantitative estimate of drug-likeness (QED) is 0.532. The Morgan fingerprint density at radius 3 is 2.71 bits per heavy atom. The fourth-order valence-electron chi connectivity index (χ4n) is 4.21. The van der Waals surface area contributed by atoms with Crippen LogP contribution in [-0.4, -0.2) is 42.8 Å². The van der Waals surface area contributed by atoms with Gasteiger partial charge < -0.3 is 9.47 Å². The minimum Gasteiger partial charge on any atom is -0.356 e. The highest BCUT2D eigenvalue weighted by molar-refractivity contribution is 5.86. The Labute approximate surface area is 176 Å². The Bertz CT molecular complexity index is 1220. The average molecular weight is 427 g/mol. The van der Waals surface area contributed by atoms with Crippen LogP contribution in [0.5, 0.6) is 0 Å². The van der Waals surface area contributed by atoms with Crippen molar-refractivity contribution in [2.45, 2.75) is 24.9 Å². The lowest BCUT2D eigenvalue weighted by molar-refractivity contribution is -0.137. The molecular formula is C21H20F3N7. The van der Waals surface area contributed by atoms with Gasteiger partial charge in [-0.05, 0) is 25.0 Å². The van der Waals surface area contributed by atoms with Crippen LogP contribution in [0.15, 0.2) is 43.0 Å². The molecule has 3 aromatic heterocycles. The number of piperidine rings is 1. The van der Waals surface area contributed by atoms with E-state index in [1.807, 2.05) is 11.6 Å². The summed E-state index contributed by atoms with van der Waals surface area (Å²) >= 11 is 0. The predicted octanol–water partition coefficient (Wildman–Crippen LogP) is 4.16. The number of anilines is 1. The fourth-order valence-corrected chi connectivity index (χ4v) is 4.21. The number of hydrogen-bond acceptors (Lipinski definition) is 5. The maximum Gasteiger partial charge on any atom is 0.416 e. The second-order valence-electron chi connectivity index (χ2n) is 7.76. The van der Waals surface area contributed by atoms with E-state index in [1.54, 1.807) is 18.5 Å². The molecule has 1 aromatic carbocycles. The summed E-state index contributed by atoms with van der Waals surface area (Å²) in [5, 5.41) is 7.80. The van der Waals surface area contributed by atoms with Crippen molar-refractivity contribution >= 4 is 16.9 Å². The lowest BCUT2D eigenvalue weighted by atomic mass is 9.96. The van der Waals surface area contributed by atoms with Crippen LogP contribution in [0.4, 0.5) is 19.0 Å². The van der Waals surface area contributed by atoms with Gasteiger partial charge in [-0.15, -0.1) is 0 Å². The van der Waals surface area contributed by atoms with E-state index in [0.29, 0.717) is 16.9 Å². The highest BCUT2D eigenvalue weighted by Crippen LogP contribution is 2.34. The highest BCUT2D eigenvalue weighted by atomic mass is 19.4. The number of nitrogens with one attached hydrogen (secondary N) is 1. The molecule has 0 amide bonds. The third kappa shape index (κ3) is 3.62. The Morgan fingerprint density at radius 2 is 1.94 bits per heavy atom. The molecule has 31 heavy (non-hydrogen) atoms. The molecule has 1 aliphatic heterocycles. The van der Waals surface area contributed by atoms with Gasteiger partial charge in [0.05, 0.1) is 22.8 Å². The van der Waals surface area contributed by atoms with Gasteiger partial charge in [-0.1, -0.05) is 12.1 Å². The zero-order valence-corrected chi connectivity index (χ0v) is 16.8. The first-order chi connectivity index (χ1) is 14.9.